The zero-order chi connectivity index (χ0) is 22.1. The first-order valence-electron chi connectivity index (χ1n) is 9.88. The molecular weight excluding hydrogens is 390 g/mol. The van der Waals surface area contributed by atoms with Gasteiger partial charge in [0.1, 0.15) is 0 Å². The second-order valence-electron chi connectivity index (χ2n) is 7.08. The zero-order valence-electron chi connectivity index (χ0n) is 17.2. The Morgan fingerprint density at radius 2 is 2.07 bits per heavy atom. The number of morpholine rings is 1. The summed E-state index contributed by atoms with van der Waals surface area (Å²) in [7, 11) is 0. The lowest BCUT2D eigenvalue weighted by Gasteiger charge is -2.34. The van der Waals surface area contributed by atoms with Crippen molar-refractivity contribution in [1.29, 1.82) is 0 Å². The number of nitrogens with two attached hydrogens (primary N) is 1. The molecule has 0 radical (unpaired) electrons. The van der Waals surface area contributed by atoms with Gasteiger partial charge in [-0.25, -0.2) is 13.6 Å². The highest BCUT2D eigenvalue weighted by atomic mass is 19.2. The maximum Gasteiger partial charge on any atom is 0.328 e. The quantitative estimate of drug-likeness (QED) is 0.705. The average Bonchev–Trinajstić information content (AvgIpc) is 2.75. The topological polar surface area (TPSA) is 75.8 Å². The molecule has 0 spiro atoms. The van der Waals surface area contributed by atoms with Crippen LogP contribution in [0.4, 0.5) is 14.5 Å². The van der Waals surface area contributed by atoms with Crippen molar-refractivity contribution in [2.75, 3.05) is 24.6 Å². The van der Waals surface area contributed by atoms with Gasteiger partial charge in [0, 0.05) is 30.9 Å². The maximum atomic E-state index is 12.5. The van der Waals surface area contributed by atoms with Gasteiger partial charge in [0.2, 0.25) is 0 Å². The number of carbonyl (C=O) groups is 1. The van der Waals surface area contributed by atoms with Gasteiger partial charge in [0.25, 0.3) is 0 Å². The predicted octanol–water partition coefficient (Wildman–Crippen LogP) is 4.38. The van der Waals surface area contributed by atoms with Crippen LogP contribution in [0.2, 0.25) is 0 Å². The molecule has 30 heavy (non-hydrogen) atoms. The minimum Gasteiger partial charge on any atom is -0.478 e. The smallest absolute Gasteiger partial charge is 0.328 e. The molecule has 1 aliphatic rings. The Morgan fingerprint density at radius 3 is 2.70 bits per heavy atom. The molecule has 1 aliphatic heterocycles. The number of rotatable bonds is 5. The van der Waals surface area contributed by atoms with E-state index in [-0.39, 0.29) is 6.04 Å². The summed E-state index contributed by atoms with van der Waals surface area (Å²) >= 11 is 0. The highest BCUT2D eigenvalue weighted by Gasteiger charge is 2.19. The van der Waals surface area contributed by atoms with Crippen LogP contribution in [0.3, 0.4) is 0 Å². The van der Waals surface area contributed by atoms with Gasteiger partial charge < -0.3 is 20.5 Å². The van der Waals surface area contributed by atoms with Gasteiger partial charge in [0.05, 0.1) is 12.7 Å². The number of nitrogens with zero attached hydrogens (tertiary/aromatic N) is 1. The number of ether oxygens (including phenoxy) is 1. The number of hydrogen-bond donors (Lipinski definition) is 2. The van der Waals surface area contributed by atoms with Gasteiger partial charge in [-0.1, -0.05) is 25.1 Å². The lowest BCUT2D eigenvalue weighted by molar-refractivity contribution is -0.131. The van der Waals surface area contributed by atoms with Gasteiger partial charge >= 0.3 is 5.97 Å². The molecule has 0 aromatic heterocycles. The number of benzene rings is 2. The van der Waals surface area contributed by atoms with E-state index >= 15 is 0 Å². The lowest BCUT2D eigenvalue weighted by Crippen LogP contribution is -2.42. The molecule has 0 aliphatic carbocycles. The molecule has 162 valence electrons. The normalized spacial score (nSPS) is 17.4. The minimum atomic E-state index is -1.13. The van der Waals surface area contributed by atoms with E-state index in [9.17, 15) is 13.6 Å². The van der Waals surface area contributed by atoms with Gasteiger partial charge in [-0.3, -0.25) is 0 Å². The van der Waals surface area contributed by atoms with Crippen molar-refractivity contribution in [3.63, 3.8) is 0 Å². The number of anilines is 1. The highest BCUT2D eigenvalue weighted by molar-refractivity contribution is 5.85. The first kappa shape index (κ1) is 23.5. The van der Waals surface area contributed by atoms with Crippen LogP contribution >= 0.6 is 0 Å². The molecule has 1 unspecified atom stereocenters. The van der Waals surface area contributed by atoms with Crippen LogP contribution in [0.25, 0.3) is 6.08 Å². The summed E-state index contributed by atoms with van der Waals surface area (Å²) < 4.78 is 30.6. The Kier molecular flexibility index (Phi) is 8.95. The molecule has 1 saturated heterocycles. The van der Waals surface area contributed by atoms with E-state index in [1.54, 1.807) is 0 Å². The molecule has 5 nitrogen and oxygen atoms in total. The van der Waals surface area contributed by atoms with Crippen LogP contribution < -0.4 is 10.6 Å². The number of carboxylic acid groups (broad SMARTS) is 1. The number of carboxylic acids is 1. The predicted molar refractivity (Wildman–Crippen MR) is 114 cm³/mol. The van der Waals surface area contributed by atoms with Crippen LogP contribution in [0.15, 0.2) is 48.5 Å². The van der Waals surface area contributed by atoms with Crippen LogP contribution in [0.5, 0.6) is 0 Å². The standard InChI is InChI=1S/C14H22N2O.C9H6F2O2/c1-3-14-10-16(7-8-17-14)13-6-4-5-12(9-13)11(2)15;10-7-3-1-6(5-8(7)11)2-4-9(12)13/h4-6,9,11,14H,3,7-8,10,15H2,1-2H3;1-5H,(H,12,13)/b;4-2+/t11-,14?;/m0./s1. The summed E-state index contributed by atoms with van der Waals surface area (Å²) in [5.74, 6) is -3.08. The van der Waals surface area contributed by atoms with E-state index in [0.29, 0.717) is 11.7 Å². The van der Waals surface area contributed by atoms with Crippen molar-refractivity contribution in [1.82, 2.24) is 0 Å². The fourth-order valence-electron chi connectivity index (χ4n) is 2.99. The number of halogens is 2. The first-order chi connectivity index (χ1) is 14.3. The van der Waals surface area contributed by atoms with Crippen molar-refractivity contribution in [2.45, 2.75) is 32.4 Å². The first-order valence-corrected chi connectivity index (χ1v) is 9.88. The molecule has 0 bridgehead atoms. The van der Waals surface area contributed by atoms with Crippen molar-refractivity contribution >= 4 is 17.7 Å². The molecule has 3 N–H and O–H groups in total. The second-order valence-corrected chi connectivity index (χ2v) is 7.08. The molecular formula is C23H28F2N2O3. The van der Waals surface area contributed by atoms with Gasteiger partial charge in [-0.05, 0) is 54.8 Å². The summed E-state index contributed by atoms with van der Waals surface area (Å²) in [5, 5.41) is 8.24. The Balaban J connectivity index is 0.000000222. The third-order valence-corrected chi connectivity index (χ3v) is 4.72. The summed E-state index contributed by atoms with van der Waals surface area (Å²) in [6, 6.07) is 11.8. The number of aliphatic carboxylic acids is 1. The molecule has 2 aromatic rings. The van der Waals surface area contributed by atoms with Gasteiger partial charge in [-0.2, -0.15) is 0 Å². The fourth-order valence-corrected chi connectivity index (χ4v) is 2.99. The Labute approximate surface area is 175 Å². The van der Waals surface area contributed by atoms with E-state index in [2.05, 4.69) is 36.1 Å². The van der Waals surface area contributed by atoms with Gasteiger partial charge in [-0.15, -0.1) is 0 Å². The van der Waals surface area contributed by atoms with Crippen LogP contribution in [0.1, 0.15) is 37.4 Å². The lowest BCUT2D eigenvalue weighted by atomic mass is 10.1. The van der Waals surface area contributed by atoms with Crippen LogP contribution in [0, 0.1) is 11.6 Å². The van der Waals surface area contributed by atoms with Gasteiger partial charge in [0.15, 0.2) is 11.6 Å². The molecule has 3 rings (SSSR count). The third-order valence-electron chi connectivity index (χ3n) is 4.72. The van der Waals surface area contributed by atoms with Crippen molar-refractivity contribution in [3.05, 3.63) is 71.3 Å². The molecule has 1 fully saturated rings. The van der Waals surface area contributed by atoms with Crippen LogP contribution in [-0.2, 0) is 9.53 Å². The molecule has 2 atom stereocenters. The molecule has 0 amide bonds. The Hall–Kier alpha value is -2.77. The van der Waals surface area contributed by atoms with Crippen molar-refractivity contribution in [2.24, 2.45) is 5.73 Å². The number of hydrogen-bond acceptors (Lipinski definition) is 4. The van der Waals surface area contributed by atoms with E-state index in [1.165, 1.54) is 23.4 Å². The summed E-state index contributed by atoms with van der Waals surface area (Å²) in [4.78, 5) is 12.5. The summed E-state index contributed by atoms with van der Waals surface area (Å²) in [6.07, 6.45) is 3.48. The third kappa shape index (κ3) is 7.24. The van der Waals surface area contributed by atoms with E-state index in [1.807, 2.05) is 6.92 Å². The van der Waals surface area contributed by atoms with E-state index in [0.717, 1.165) is 44.3 Å². The molecule has 2 aromatic carbocycles. The Bertz CT molecular complexity index is 871. The molecule has 0 saturated carbocycles. The maximum absolute atomic E-state index is 12.5. The fraction of sp³-hybridized carbons (Fsp3) is 0.348. The Morgan fingerprint density at radius 1 is 1.30 bits per heavy atom. The monoisotopic (exact) mass is 418 g/mol. The highest BCUT2D eigenvalue weighted by Crippen LogP contribution is 2.22. The van der Waals surface area contributed by atoms with Crippen molar-refractivity contribution in [3.8, 4) is 0 Å². The van der Waals surface area contributed by atoms with E-state index in [4.69, 9.17) is 15.6 Å². The van der Waals surface area contributed by atoms with E-state index < -0.39 is 17.6 Å². The SMILES string of the molecule is CCC1CN(c2cccc([C@H](C)N)c2)CCO1.O=C(O)/C=C/c1ccc(F)c(F)c1. The largest absolute Gasteiger partial charge is 0.478 e. The van der Waals surface area contributed by atoms with Crippen molar-refractivity contribution < 1.29 is 23.4 Å². The summed E-state index contributed by atoms with van der Waals surface area (Å²) in [6.45, 7) is 6.97. The zero-order valence-corrected chi connectivity index (χ0v) is 17.2. The summed E-state index contributed by atoms with van der Waals surface area (Å²) in [5.41, 5.74) is 8.69. The van der Waals surface area contributed by atoms with Crippen LogP contribution in [-0.4, -0.2) is 36.9 Å². The average molecular weight is 418 g/mol. The second kappa shape index (κ2) is 11.4. The minimum absolute atomic E-state index is 0.0953. The molecule has 1 heterocycles. The molecule has 7 heteroatoms.